The number of allylic oxidation sites excluding steroid dienone is 1. The van der Waals surface area contributed by atoms with Crippen molar-refractivity contribution in [1.82, 2.24) is 10.4 Å². The van der Waals surface area contributed by atoms with Crippen molar-refractivity contribution < 1.29 is 10.0 Å². The summed E-state index contributed by atoms with van der Waals surface area (Å²) in [5.74, 6) is 0.0819. The van der Waals surface area contributed by atoms with Crippen LogP contribution in [0.25, 0.3) is 0 Å². The van der Waals surface area contributed by atoms with Gasteiger partial charge in [0.15, 0.2) is 0 Å². The topological polar surface area (TPSA) is 78.6 Å². The number of hydrogen-bond acceptors (Lipinski definition) is 4. The molecule has 0 radical (unpaired) electrons. The number of nitrogens with zero attached hydrogens (tertiary/aromatic N) is 1. The average Bonchev–Trinajstić information content (AvgIpc) is 2.31. The summed E-state index contributed by atoms with van der Waals surface area (Å²) in [5, 5.41) is 14.7. The highest BCUT2D eigenvalue weighted by Gasteiger charge is 2.45. The monoisotopic (exact) mass is 283 g/mol. The largest absolute Gasteiger partial charge is 0.405 e. The lowest BCUT2D eigenvalue weighted by molar-refractivity contribution is -0.246. The van der Waals surface area contributed by atoms with Crippen molar-refractivity contribution in [3.63, 3.8) is 0 Å². The fourth-order valence-corrected chi connectivity index (χ4v) is 3.15. The first kappa shape index (κ1) is 17.0. The zero-order valence-electron chi connectivity index (χ0n) is 13.1. The molecule has 0 atom stereocenters. The normalized spacial score (nSPS) is 23.1. The van der Waals surface area contributed by atoms with Crippen LogP contribution in [0.3, 0.4) is 0 Å². The molecule has 1 aliphatic rings. The van der Waals surface area contributed by atoms with Crippen LogP contribution < -0.4 is 11.1 Å². The van der Waals surface area contributed by atoms with Crippen LogP contribution >= 0.6 is 0 Å². The smallest absolute Gasteiger partial charge is 0.220 e. The molecular weight excluding hydrogens is 254 g/mol. The summed E-state index contributed by atoms with van der Waals surface area (Å²) in [6, 6.07) is 0.112. The number of hydrogen-bond donors (Lipinski definition) is 3. The van der Waals surface area contributed by atoms with E-state index in [2.05, 4.69) is 5.32 Å². The highest BCUT2D eigenvalue weighted by molar-refractivity contribution is 5.76. The number of piperidine rings is 1. The van der Waals surface area contributed by atoms with Crippen LogP contribution in [0.15, 0.2) is 12.3 Å². The second kappa shape index (κ2) is 6.59. The van der Waals surface area contributed by atoms with E-state index in [4.69, 9.17) is 5.73 Å². The van der Waals surface area contributed by atoms with Gasteiger partial charge in [0.05, 0.1) is 0 Å². The van der Waals surface area contributed by atoms with Gasteiger partial charge in [-0.25, -0.2) is 0 Å². The van der Waals surface area contributed by atoms with E-state index in [9.17, 15) is 10.0 Å². The molecule has 0 saturated carbocycles. The van der Waals surface area contributed by atoms with Crippen molar-refractivity contribution in [1.29, 1.82) is 0 Å². The van der Waals surface area contributed by atoms with Crippen LogP contribution in [-0.2, 0) is 4.79 Å². The van der Waals surface area contributed by atoms with Crippen LogP contribution in [0.2, 0.25) is 0 Å². The van der Waals surface area contributed by atoms with Gasteiger partial charge in [0.2, 0.25) is 5.91 Å². The minimum Gasteiger partial charge on any atom is -0.405 e. The molecule has 116 valence electrons. The number of hydroxylamine groups is 2. The van der Waals surface area contributed by atoms with Gasteiger partial charge in [0.1, 0.15) is 0 Å². The highest BCUT2D eigenvalue weighted by Crippen LogP contribution is 2.36. The number of amides is 1. The maximum atomic E-state index is 11.9. The van der Waals surface area contributed by atoms with Gasteiger partial charge in [-0.15, -0.1) is 0 Å². The molecule has 0 aromatic carbocycles. The van der Waals surface area contributed by atoms with E-state index in [1.807, 2.05) is 33.8 Å². The number of carbonyl (C=O) groups is 1. The Morgan fingerprint density at radius 2 is 1.90 bits per heavy atom. The van der Waals surface area contributed by atoms with Gasteiger partial charge in [-0.2, -0.15) is 5.06 Å². The standard InChI is InChI=1S/C15H29N3O2/c1-14(2)10-12(11-15(3,4)18(14)20)17-13(19)8-6-5-7-9-16/h7,9,12,20H,5-6,8,10-11,16H2,1-4H3,(H,17,19)/b9-7+. The molecule has 1 rings (SSSR count). The summed E-state index contributed by atoms with van der Waals surface area (Å²) in [6.07, 6.45) is 7.04. The van der Waals surface area contributed by atoms with E-state index in [-0.39, 0.29) is 23.0 Å². The summed E-state index contributed by atoms with van der Waals surface area (Å²) in [7, 11) is 0. The third-order valence-electron chi connectivity index (χ3n) is 3.91. The molecule has 20 heavy (non-hydrogen) atoms. The Labute approximate surface area is 122 Å². The lowest BCUT2D eigenvalue weighted by Crippen LogP contribution is -2.62. The molecule has 5 heteroatoms. The second-order valence-corrected chi connectivity index (χ2v) is 6.93. The molecule has 1 heterocycles. The molecule has 1 aliphatic heterocycles. The predicted molar refractivity (Wildman–Crippen MR) is 80.1 cm³/mol. The van der Waals surface area contributed by atoms with Gasteiger partial charge in [-0.05, 0) is 59.6 Å². The molecule has 0 spiro atoms. The Morgan fingerprint density at radius 1 is 1.35 bits per heavy atom. The van der Waals surface area contributed by atoms with Crippen molar-refractivity contribution in [3.05, 3.63) is 12.3 Å². The first-order valence-electron chi connectivity index (χ1n) is 7.34. The predicted octanol–water partition coefficient (Wildman–Crippen LogP) is 2.16. The van der Waals surface area contributed by atoms with E-state index >= 15 is 0 Å². The molecule has 0 bridgehead atoms. The van der Waals surface area contributed by atoms with E-state index < -0.39 is 0 Å². The van der Waals surface area contributed by atoms with E-state index in [0.29, 0.717) is 6.42 Å². The fraction of sp³-hybridized carbons (Fsp3) is 0.800. The molecule has 0 aromatic heterocycles. The van der Waals surface area contributed by atoms with Crippen LogP contribution in [0, 0.1) is 0 Å². The molecule has 1 amide bonds. The average molecular weight is 283 g/mol. The minimum absolute atomic E-state index is 0.0819. The third kappa shape index (κ3) is 4.49. The van der Waals surface area contributed by atoms with Crippen molar-refractivity contribution in [3.8, 4) is 0 Å². The molecule has 1 fully saturated rings. The zero-order valence-corrected chi connectivity index (χ0v) is 13.1. The lowest BCUT2D eigenvalue weighted by Gasteiger charge is -2.51. The number of unbranched alkanes of at least 4 members (excludes halogenated alkanes) is 1. The van der Waals surface area contributed by atoms with Crippen molar-refractivity contribution in [2.75, 3.05) is 0 Å². The molecule has 0 aliphatic carbocycles. The Balaban J connectivity index is 2.50. The number of nitrogens with two attached hydrogens (primary N) is 1. The van der Waals surface area contributed by atoms with Crippen LogP contribution in [-0.4, -0.2) is 33.3 Å². The van der Waals surface area contributed by atoms with Crippen molar-refractivity contribution >= 4 is 5.91 Å². The summed E-state index contributed by atoms with van der Waals surface area (Å²) < 4.78 is 0. The fourth-order valence-electron chi connectivity index (χ4n) is 3.15. The van der Waals surface area contributed by atoms with Gasteiger partial charge >= 0.3 is 0 Å². The quantitative estimate of drug-likeness (QED) is 0.676. The first-order chi connectivity index (χ1) is 9.19. The van der Waals surface area contributed by atoms with Gasteiger partial charge in [0.25, 0.3) is 0 Å². The Bertz CT molecular complexity index is 346. The lowest BCUT2D eigenvalue weighted by atomic mass is 9.79. The van der Waals surface area contributed by atoms with E-state index in [1.165, 1.54) is 11.3 Å². The first-order valence-corrected chi connectivity index (χ1v) is 7.34. The van der Waals surface area contributed by atoms with Crippen molar-refractivity contribution in [2.45, 2.75) is 76.9 Å². The molecule has 0 aromatic rings. The SMILES string of the molecule is CC1(C)CC(NC(=O)CCC/C=C/N)CC(C)(C)N1O. The molecule has 5 nitrogen and oxygen atoms in total. The van der Waals surface area contributed by atoms with Crippen LogP contribution in [0.5, 0.6) is 0 Å². The van der Waals surface area contributed by atoms with Gasteiger partial charge in [0, 0.05) is 23.5 Å². The third-order valence-corrected chi connectivity index (χ3v) is 3.91. The zero-order chi connectivity index (χ0) is 15.4. The maximum absolute atomic E-state index is 11.9. The summed E-state index contributed by atoms with van der Waals surface area (Å²) in [5.41, 5.74) is 4.60. The van der Waals surface area contributed by atoms with E-state index in [1.54, 1.807) is 0 Å². The Kier molecular flexibility index (Phi) is 5.59. The van der Waals surface area contributed by atoms with Crippen molar-refractivity contribution in [2.24, 2.45) is 5.73 Å². The summed E-state index contributed by atoms with van der Waals surface area (Å²) in [4.78, 5) is 11.9. The summed E-state index contributed by atoms with van der Waals surface area (Å²) in [6.45, 7) is 8.00. The molecule has 0 unspecified atom stereocenters. The molecule has 1 saturated heterocycles. The highest BCUT2D eigenvalue weighted by atomic mass is 16.5. The maximum Gasteiger partial charge on any atom is 0.220 e. The molecule has 4 N–H and O–H groups in total. The molecular formula is C15H29N3O2. The van der Waals surface area contributed by atoms with Gasteiger partial charge < -0.3 is 16.3 Å². The number of carbonyl (C=O) groups excluding carboxylic acids is 1. The minimum atomic E-state index is -0.331. The van der Waals surface area contributed by atoms with Crippen LogP contribution in [0.4, 0.5) is 0 Å². The van der Waals surface area contributed by atoms with Gasteiger partial charge in [-0.3, -0.25) is 4.79 Å². The van der Waals surface area contributed by atoms with E-state index in [0.717, 1.165) is 25.7 Å². The van der Waals surface area contributed by atoms with Crippen LogP contribution in [0.1, 0.15) is 59.8 Å². The summed E-state index contributed by atoms with van der Waals surface area (Å²) >= 11 is 0. The Hall–Kier alpha value is -1.07. The second-order valence-electron chi connectivity index (χ2n) is 6.93. The Morgan fingerprint density at radius 3 is 2.40 bits per heavy atom. The number of rotatable bonds is 5. The van der Waals surface area contributed by atoms with Gasteiger partial charge in [-0.1, -0.05) is 6.08 Å². The number of nitrogens with one attached hydrogen (secondary N) is 1.